The molecule has 2 unspecified atom stereocenters. The van der Waals surface area contributed by atoms with Gasteiger partial charge in [0.1, 0.15) is 16.7 Å². The SMILES string of the molecule is Cc1onc2c1c(=O)n(C1CCCC(NC(=O)CSc3ccccn3)C1)c1cccc(Cl)c21. The van der Waals surface area contributed by atoms with E-state index in [-0.39, 0.29) is 23.6 Å². The summed E-state index contributed by atoms with van der Waals surface area (Å²) in [4.78, 5) is 30.4. The maximum atomic E-state index is 13.5. The van der Waals surface area contributed by atoms with Crippen LogP contribution < -0.4 is 10.9 Å². The molecular weight excluding hydrogens is 460 g/mol. The second-order valence-corrected chi connectivity index (χ2v) is 9.72. The maximum absolute atomic E-state index is 13.5. The van der Waals surface area contributed by atoms with Crippen molar-refractivity contribution in [3.05, 3.63) is 63.7 Å². The summed E-state index contributed by atoms with van der Waals surface area (Å²) in [7, 11) is 0. The van der Waals surface area contributed by atoms with E-state index in [0.29, 0.717) is 33.9 Å². The van der Waals surface area contributed by atoms with E-state index in [2.05, 4.69) is 15.5 Å². The number of nitrogens with zero attached hydrogens (tertiary/aromatic N) is 3. The topological polar surface area (TPSA) is 90.0 Å². The molecule has 1 amide bonds. The van der Waals surface area contributed by atoms with Crippen LogP contribution in [0, 0.1) is 6.92 Å². The lowest BCUT2D eigenvalue weighted by Crippen LogP contribution is -2.41. The average Bonchev–Trinajstić information content (AvgIpc) is 3.20. The zero-order chi connectivity index (χ0) is 22.9. The lowest BCUT2D eigenvalue weighted by Gasteiger charge is -2.32. The van der Waals surface area contributed by atoms with Crippen molar-refractivity contribution in [2.75, 3.05) is 5.75 Å². The molecule has 1 saturated carbocycles. The highest BCUT2D eigenvalue weighted by molar-refractivity contribution is 7.99. The molecule has 1 aliphatic rings. The molecule has 7 nitrogen and oxygen atoms in total. The Balaban J connectivity index is 1.41. The van der Waals surface area contributed by atoms with Crippen molar-refractivity contribution in [1.29, 1.82) is 0 Å². The number of fused-ring (bicyclic) bond motifs is 3. The van der Waals surface area contributed by atoms with Crippen LogP contribution >= 0.6 is 23.4 Å². The summed E-state index contributed by atoms with van der Waals surface area (Å²) < 4.78 is 7.18. The van der Waals surface area contributed by atoms with Crippen LogP contribution in [0.25, 0.3) is 21.8 Å². The van der Waals surface area contributed by atoms with Crippen LogP contribution in [0.3, 0.4) is 0 Å². The molecule has 9 heteroatoms. The number of pyridine rings is 2. The van der Waals surface area contributed by atoms with Gasteiger partial charge in [-0.25, -0.2) is 4.98 Å². The maximum Gasteiger partial charge on any atom is 0.264 e. The molecule has 2 atom stereocenters. The van der Waals surface area contributed by atoms with Crippen molar-refractivity contribution in [3.8, 4) is 0 Å². The monoisotopic (exact) mass is 482 g/mol. The molecule has 1 aromatic carbocycles. The van der Waals surface area contributed by atoms with Gasteiger partial charge >= 0.3 is 0 Å². The van der Waals surface area contributed by atoms with Crippen molar-refractivity contribution in [1.82, 2.24) is 20.0 Å². The smallest absolute Gasteiger partial charge is 0.264 e. The minimum atomic E-state index is -0.124. The third kappa shape index (κ3) is 4.25. The number of benzene rings is 1. The van der Waals surface area contributed by atoms with Gasteiger partial charge in [-0.2, -0.15) is 0 Å². The van der Waals surface area contributed by atoms with E-state index in [4.69, 9.17) is 16.1 Å². The van der Waals surface area contributed by atoms with Gasteiger partial charge in [-0.15, -0.1) is 0 Å². The van der Waals surface area contributed by atoms with Gasteiger partial charge in [0.15, 0.2) is 0 Å². The fourth-order valence-corrected chi connectivity index (χ4v) is 5.64. The molecule has 5 rings (SSSR count). The highest BCUT2D eigenvalue weighted by Gasteiger charge is 2.28. The Kier molecular flexibility index (Phi) is 6.12. The Morgan fingerprint density at radius 2 is 2.12 bits per heavy atom. The molecule has 3 heterocycles. The lowest BCUT2D eigenvalue weighted by atomic mass is 9.90. The molecule has 0 spiro atoms. The van der Waals surface area contributed by atoms with Gasteiger partial charge in [0.2, 0.25) is 5.91 Å². The van der Waals surface area contributed by atoms with Gasteiger partial charge in [0.25, 0.3) is 5.56 Å². The average molecular weight is 483 g/mol. The van der Waals surface area contributed by atoms with E-state index < -0.39 is 0 Å². The van der Waals surface area contributed by atoms with Crippen LogP contribution in [0.2, 0.25) is 5.02 Å². The molecule has 1 N–H and O–H groups in total. The molecule has 1 aliphatic carbocycles. The Morgan fingerprint density at radius 1 is 1.24 bits per heavy atom. The second kappa shape index (κ2) is 9.19. The van der Waals surface area contributed by atoms with Gasteiger partial charge < -0.3 is 14.4 Å². The number of halogens is 1. The van der Waals surface area contributed by atoms with E-state index in [1.165, 1.54) is 11.8 Å². The van der Waals surface area contributed by atoms with Crippen molar-refractivity contribution in [2.45, 2.75) is 49.7 Å². The molecular formula is C24H23ClN4O3S. The second-order valence-electron chi connectivity index (χ2n) is 8.31. The lowest BCUT2D eigenvalue weighted by molar-refractivity contribution is -0.119. The predicted molar refractivity (Wildman–Crippen MR) is 130 cm³/mol. The third-order valence-corrected chi connectivity index (χ3v) is 7.41. The van der Waals surface area contributed by atoms with Crippen LogP contribution in [-0.2, 0) is 4.79 Å². The number of rotatable bonds is 5. The van der Waals surface area contributed by atoms with Crippen LogP contribution in [0.15, 0.2) is 56.9 Å². The molecule has 0 saturated heterocycles. The van der Waals surface area contributed by atoms with Crippen LogP contribution in [0.4, 0.5) is 0 Å². The number of carbonyl (C=O) groups excluding carboxylic acids is 1. The van der Waals surface area contributed by atoms with E-state index >= 15 is 0 Å². The molecule has 3 aromatic heterocycles. The summed E-state index contributed by atoms with van der Waals surface area (Å²) in [6.07, 6.45) is 5.05. The number of hydrogen-bond donors (Lipinski definition) is 1. The highest BCUT2D eigenvalue weighted by Crippen LogP contribution is 2.35. The van der Waals surface area contributed by atoms with Crippen LogP contribution in [0.5, 0.6) is 0 Å². The number of nitrogens with one attached hydrogen (secondary N) is 1. The van der Waals surface area contributed by atoms with E-state index in [9.17, 15) is 9.59 Å². The first kappa shape index (κ1) is 22.0. The fourth-order valence-electron chi connectivity index (χ4n) is 4.71. The summed E-state index contributed by atoms with van der Waals surface area (Å²) in [5.74, 6) is 0.766. The summed E-state index contributed by atoms with van der Waals surface area (Å²) in [6, 6.07) is 11.1. The molecule has 0 aliphatic heterocycles. The number of aryl methyl sites for hydroxylation is 1. The largest absolute Gasteiger partial charge is 0.360 e. The standard InChI is InChI=1S/C24H23ClN4O3S/c1-14-21-23(28-32-14)22-17(25)8-5-9-18(22)29(24(21)31)16-7-4-6-15(12-16)27-19(30)13-33-20-10-2-3-11-26-20/h2-3,5,8-11,15-16H,4,6-7,12-13H2,1H3,(H,27,30). The highest BCUT2D eigenvalue weighted by atomic mass is 35.5. The third-order valence-electron chi connectivity index (χ3n) is 6.15. The van der Waals surface area contributed by atoms with Crippen LogP contribution in [0.1, 0.15) is 37.5 Å². The van der Waals surface area contributed by atoms with Crippen molar-refractivity contribution < 1.29 is 9.32 Å². The minimum absolute atomic E-state index is 0.000912. The first-order valence-corrected chi connectivity index (χ1v) is 12.3. The molecule has 170 valence electrons. The Bertz CT molecular complexity index is 1390. The Labute approximate surface area is 199 Å². The van der Waals surface area contributed by atoms with E-state index in [1.807, 2.05) is 34.9 Å². The first-order chi connectivity index (χ1) is 16.0. The van der Waals surface area contributed by atoms with Gasteiger partial charge in [-0.1, -0.05) is 40.7 Å². The number of carbonyl (C=O) groups is 1. The molecule has 33 heavy (non-hydrogen) atoms. The van der Waals surface area contributed by atoms with Crippen molar-refractivity contribution in [2.24, 2.45) is 0 Å². The predicted octanol–water partition coefficient (Wildman–Crippen LogP) is 4.89. The molecule has 4 aromatic rings. The fraction of sp³-hybridized carbons (Fsp3) is 0.333. The zero-order valence-electron chi connectivity index (χ0n) is 18.1. The number of hydrogen-bond acceptors (Lipinski definition) is 6. The Hall–Kier alpha value is -2.84. The van der Waals surface area contributed by atoms with Gasteiger partial charge in [-0.3, -0.25) is 9.59 Å². The Morgan fingerprint density at radius 3 is 2.94 bits per heavy atom. The molecule has 0 bridgehead atoms. The van der Waals surface area contributed by atoms with Crippen LogP contribution in [-0.4, -0.2) is 32.4 Å². The quantitative estimate of drug-likeness (QED) is 0.407. The van der Waals surface area contributed by atoms with Crippen molar-refractivity contribution >= 4 is 51.1 Å². The first-order valence-electron chi connectivity index (χ1n) is 10.9. The van der Waals surface area contributed by atoms with Gasteiger partial charge in [0, 0.05) is 23.7 Å². The van der Waals surface area contributed by atoms with Gasteiger partial charge in [0.05, 0.1) is 21.3 Å². The van der Waals surface area contributed by atoms with Crippen molar-refractivity contribution in [3.63, 3.8) is 0 Å². The molecule has 0 radical (unpaired) electrons. The molecule has 1 fully saturated rings. The number of amides is 1. The zero-order valence-corrected chi connectivity index (χ0v) is 19.7. The number of thioether (sulfide) groups is 1. The van der Waals surface area contributed by atoms with E-state index in [0.717, 1.165) is 35.2 Å². The normalized spacial score (nSPS) is 18.6. The summed E-state index contributed by atoms with van der Waals surface area (Å²) >= 11 is 7.94. The number of aromatic nitrogens is 3. The summed E-state index contributed by atoms with van der Waals surface area (Å²) in [5.41, 5.74) is 1.12. The summed E-state index contributed by atoms with van der Waals surface area (Å²) in [5, 5.41) is 9.81. The minimum Gasteiger partial charge on any atom is -0.360 e. The van der Waals surface area contributed by atoms with E-state index in [1.54, 1.807) is 19.2 Å². The van der Waals surface area contributed by atoms with Gasteiger partial charge in [-0.05, 0) is 56.9 Å². The summed E-state index contributed by atoms with van der Waals surface area (Å²) in [6.45, 7) is 1.74.